The van der Waals surface area contributed by atoms with Crippen molar-refractivity contribution in [2.45, 2.75) is 25.9 Å². The van der Waals surface area contributed by atoms with Crippen LogP contribution < -0.4 is 5.73 Å². The van der Waals surface area contributed by atoms with E-state index in [0.29, 0.717) is 6.54 Å². The third-order valence-corrected chi connectivity index (χ3v) is 4.39. The van der Waals surface area contributed by atoms with Crippen LogP contribution in [0.15, 0.2) is 59.1 Å². The Morgan fingerprint density at radius 1 is 1.05 bits per heavy atom. The third-order valence-electron chi connectivity index (χ3n) is 3.67. The van der Waals surface area contributed by atoms with Crippen LogP contribution in [0, 0.1) is 0 Å². The monoisotopic (exact) mass is 346 g/mol. The Bertz CT molecular complexity index is 542. The molecule has 2 rings (SSSR count). The van der Waals surface area contributed by atoms with E-state index in [1.54, 1.807) is 0 Å². The maximum absolute atomic E-state index is 6.10. The Kier molecular flexibility index (Phi) is 6.43. The van der Waals surface area contributed by atoms with E-state index >= 15 is 0 Å². The largest absolute Gasteiger partial charge is 0.329 e. The van der Waals surface area contributed by atoms with Gasteiger partial charge in [-0.2, -0.15) is 0 Å². The number of hydrogen-bond donors (Lipinski definition) is 1. The summed E-state index contributed by atoms with van der Waals surface area (Å²) in [6, 6.07) is 19.2. The van der Waals surface area contributed by atoms with Crippen LogP contribution in [-0.2, 0) is 6.54 Å². The molecule has 0 spiro atoms. The maximum atomic E-state index is 6.10. The number of rotatable bonds is 7. The molecule has 0 heterocycles. The molecule has 0 amide bonds. The van der Waals surface area contributed by atoms with Gasteiger partial charge in [0.05, 0.1) is 0 Å². The van der Waals surface area contributed by atoms with Crippen molar-refractivity contribution in [3.05, 3.63) is 70.2 Å². The van der Waals surface area contributed by atoms with Crippen LogP contribution in [0.25, 0.3) is 0 Å². The first-order valence-corrected chi connectivity index (χ1v) is 8.28. The summed E-state index contributed by atoms with van der Waals surface area (Å²) < 4.78 is 1.13. The lowest BCUT2D eigenvalue weighted by atomic mass is 10.0. The van der Waals surface area contributed by atoms with E-state index in [1.807, 2.05) is 6.07 Å². The first kappa shape index (κ1) is 16.2. The van der Waals surface area contributed by atoms with Crippen molar-refractivity contribution < 1.29 is 0 Å². The van der Waals surface area contributed by atoms with Gasteiger partial charge in [-0.3, -0.25) is 4.90 Å². The Labute approximate surface area is 136 Å². The molecule has 1 atom stereocenters. The number of nitrogens with zero attached hydrogens (tertiary/aromatic N) is 1. The van der Waals surface area contributed by atoms with Crippen LogP contribution in [0.3, 0.4) is 0 Å². The van der Waals surface area contributed by atoms with Crippen LogP contribution in [0.4, 0.5) is 0 Å². The molecule has 2 aromatic rings. The Hall–Kier alpha value is -1.16. The van der Waals surface area contributed by atoms with Crippen molar-refractivity contribution in [1.82, 2.24) is 4.90 Å². The van der Waals surface area contributed by atoms with E-state index in [-0.39, 0.29) is 6.04 Å². The molecule has 0 aromatic heterocycles. The van der Waals surface area contributed by atoms with Gasteiger partial charge >= 0.3 is 0 Å². The molecule has 2 aromatic carbocycles. The highest BCUT2D eigenvalue weighted by Gasteiger charge is 2.20. The van der Waals surface area contributed by atoms with E-state index in [0.717, 1.165) is 24.0 Å². The minimum Gasteiger partial charge on any atom is -0.329 e. The molecule has 0 aliphatic heterocycles. The number of halogens is 1. The van der Waals surface area contributed by atoms with Crippen molar-refractivity contribution in [2.75, 3.05) is 13.1 Å². The van der Waals surface area contributed by atoms with Crippen LogP contribution >= 0.6 is 15.9 Å². The molecule has 0 saturated carbocycles. The van der Waals surface area contributed by atoms with Crippen LogP contribution in [0.1, 0.15) is 30.5 Å². The first-order valence-electron chi connectivity index (χ1n) is 7.48. The van der Waals surface area contributed by atoms with E-state index in [4.69, 9.17) is 5.73 Å². The Morgan fingerprint density at radius 2 is 1.71 bits per heavy atom. The highest BCUT2D eigenvalue weighted by atomic mass is 79.9. The summed E-state index contributed by atoms with van der Waals surface area (Å²) in [5.74, 6) is 0. The molecule has 0 fully saturated rings. The quantitative estimate of drug-likeness (QED) is 0.806. The smallest absolute Gasteiger partial charge is 0.0485 e. The predicted molar refractivity (Wildman–Crippen MR) is 93.1 cm³/mol. The highest BCUT2D eigenvalue weighted by Crippen LogP contribution is 2.28. The molecule has 0 aliphatic rings. The summed E-state index contributed by atoms with van der Waals surface area (Å²) >= 11 is 3.66. The zero-order chi connectivity index (χ0) is 15.1. The fraction of sp³-hybridized carbons (Fsp3) is 0.333. The van der Waals surface area contributed by atoms with Gasteiger partial charge in [-0.1, -0.05) is 71.4 Å². The lowest BCUT2D eigenvalue weighted by Gasteiger charge is -2.31. The second kappa shape index (κ2) is 8.32. The van der Waals surface area contributed by atoms with E-state index in [2.05, 4.69) is 76.3 Å². The lowest BCUT2D eigenvalue weighted by Crippen LogP contribution is -2.34. The topological polar surface area (TPSA) is 29.3 Å². The zero-order valence-electron chi connectivity index (χ0n) is 12.5. The standard InChI is InChI=1S/C18H23BrN2/c1-2-12-21(14-15-8-4-3-5-9-15)18(13-20)16-10-6-7-11-17(16)19/h3-11,18H,2,12-14,20H2,1H3. The molecular weight excluding hydrogens is 324 g/mol. The molecule has 2 nitrogen and oxygen atoms in total. The molecule has 3 heteroatoms. The molecule has 0 saturated heterocycles. The second-order valence-electron chi connectivity index (χ2n) is 5.23. The number of hydrogen-bond acceptors (Lipinski definition) is 2. The minimum atomic E-state index is 0.237. The van der Waals surface area contributed by atoms with Gasteiger partial charge in [0.1, 0.15) is 0 Å². The lowest BCUT2D eigenvalue weighted by molar-refractivity contribution is 0.192. The Balaban J connectivity index is 2.24. The average molecular weight is 347 g/mol. The second-order valence-corrected chi connectivity index (χ2v) is 6.08. The molecule has 21 heavy (non-hydrogen) atoms. The summed E-state index contributed by atoms with van der Waals surface area (Å²) in [7, 11) is 0. The molecule has 0 radical (unpaired) electrons. The van der Waals surface area contributed by atoms with Gasteiger partial charge in [0.2, 0.25) is 0 Å². The molecule has 2 N–H and O–H groups in total. The average Bonchev–Trinajstić information content (AvgIpc) is 2.51. The van der Waals surface area contributed by atoms with Gasteiger partial charge in [0, 0.05) is 23.6 Å². The van der Waals surface area contributed by atoms with Gasteiger partial charge in [0.25, 0.3) is 0 Å². The SMILES string of the molecule is CCCN(Cc1ccccc1)C(CN)c1ccccc1Br. The molecule has 1 unspecified atom stereocenters. The molecule has 0 aliphatic carbocycles. The fourth-order valence-corrected chi connectivity index (χ4v) is 3.22. The predicted octanol–water partition coefficient (Wildman–Crippen LogP) is 4.36. The molecule has 112 valence electrons. The zero-order valence-corrected chi connectivity index (χ0v) is 14.1. The van der Waals surface area contributed by atoms with Gasteiger partial charge in [-0.25, -0.2) is 0 Å². The maximum Gasteiger partial charge on any atom is 0.0485 e. The first-order chi connectivity index (χ1) is 10.3. The molecular formula is C18H23BrN2. The highest BCUT2D eigenvalue weighted by molar-refractivity contribution is 9.10. The fourth-order valence-electron chi connectivity index (χ4n) is 2.67. The summed E-state index contributed by atoms with van der Waals surface area (Å²) in [5, 5.41) is 0. The van der Waals surface area contributed by atoms with Gasteiger partial charge in [-0.05, 0) is 30.2 Å². The van der Waals surface area contributed by atoms with E-state index in [9.17, 15) is 0 Å². The number of nitrogens with two attached hydrogens (primary N) is 1. The summed E-state index contributed by atoms with van der Waals surface area (Å²) in [6.07, 6.45) is 1.12. The number of benzene rings is 2. The third kappa shape index (κ3) is 4.40. The van der Waals surface area contributed by atoms with E-state index in [1.165, 1.54) is 11.1 Å². The van der Waals surface area contributed by atoms with Crippen LogP contribution in [0.5, 0.6) is 0 Å². The molecule has 0 bridgehead atoms. The van der Waals surface area contributed by atoms with Crippen molar-refractivity contribution >= 4 is 15.9 Å². The van der Waals surface area contributed by atoms with Crippen molar-refractivity contribution in [2.24, 2.45) is 5.73 Å². The van der Waals surface area contributed by atoms with Crippen molar-refractivity contribution in [3.8, 4) is 0 Å². The summed E-state index contributed by atoms with van der Waals surface area (Å²) in [5.41, 5.74) is 8.69. The normalized spacial score (nSPS) is 12.6. The van der Waals surface area contributed by atoms with Crippen LogP contribution in [0.2, 0.25) is 0 Å². The van der Waals surface area contributed by atoms with Crippen LogP contribution in [-0.4, -0.2) is 18.0 Å². The summed E-state index contributed by atoms with van der Waals surface area (Å²) in [6.45, 7) is 4.80. The minimum absolute atomic E-state index is 0.237. The Morgan fingerprint density at radius 3 is 2.33 bits per heavy atom. The van der Waals surface area contributed by atoms with Gasteiger partial charge in [-0.15, -0.1) is 0 Å². The van der Waals surface area contributed by atoms with Crippen molar-refractivity contribution in [1.29, 1.82) is 0 Å². The summed E-state index contributed by atoms with van der Waals surface area (Å²) in [4.78, 5) is 2.47. The van der Waals surface area contributed by atoms with Gasteiger partial charge in [0.15, 0.2) is 0 Å². The van der Waals surface area contributed by atoms with Gasteiger partial charge < -0.3 is 5.73 Å². The van der Waals surface area contributed by atoms with E-state index < -0.39 is 0 Å². The van der Waals surface area contributed by atoms with Crippen molar-refractivity contribution in [3.63, 3.8) is 0 Å².